The van der Waals surface area contributed by atoms with Crippen LogP contribution in [0.3, 0.4) is 0 Å². The maximum atomic E-state index is 14.0. The molecule has 148 valence electrons. The van der Waals surface area contributed by atoms with Gasteiger partial charge in [0.05, 0.1) is 11.8 Å². The fraction of sp³-hybridized carbons (Fsp3) is 0.429. The van der Waals surface area contributed by atoms with Gasteiger partial charge in [0.25, 0.3) is 5.91 Å². The van der Waals surface area contributed by atoms with Crippen LogP contribution in [-0.4, -0.2) is 42.9 Å². The maximum absolute atomic E-state index is 14.0. The van der Waals surface area contributed by atoms with E-state index in [1.807, 2.05) is 6.07 Å². The average molecular weight is 385 g/mol. The van der Waals surface area contributed by atoms with Gasteiger partial charge in [0.15, 0.2) is 0 Å². The Balaban J connectivity index is 1.35. The van der Waals surface area contributed by atoms with Crippen LogP contribution in [0, 0.1) is 11.7 Å². The third-order valence-corrected chi connectivity index (χ3v) is 5.54. The lowest BCUT2D eigenvalue weighted by Gasteiger charge is -2.31. The summed E-state index contributed by atoms with van der Waals surface area (Å²) in [7, 11) is 0. The Morgan fingerprint density at radius 1 is 1.07 bits per heavy atom. The first kappa shape index (κ1) is 18.5. The molecule has 1 aromatic carbocycles. The van der Waals surface area contributed by atoms with Crippen molar-refractivity contribution in [1.29, 1.82) is 0 Å². The van der Waals surface area contributed by atoms with Crippen molar-refractivity contribution in [3.63, 3.8) is 0 Å². The Hall–Kier alpha value is -2.83. The zero-order chi connectivity index (χ0) is 19.5. The summed E-state index contributed by atoms with van der Waals surface area (Å²) in [5, 5.41) is 2.86. The standard InChI is InChI=1S/C21H24FN3O3/c22-17-11-18(13-19(12-17)24-6-1-2-7-24)23-20(26)15-3-8-25(9-4-15)21(27)16-5-10-28-14-16/h5,10-15H,1-4,6-9H2,(H,23,26). The number of hydrogen-bond acceptors (Lipinski definition) is 4. The van der Waals surface area contributed by atoms with Gasteiger partial charge in [0.1, 0.15) is 12.1 Å². The first-order valence-corrected chi connectivity index (χ1v) is 9.78. The van der Waals surface area contributed by atoms with Crippen LogP contribution in [0.5, 0.6) is 0 Å². The van der Waals surface area contributed by atoms with Crippen molar-refractivity contribution in [2.24, 2.45) is 5.92 Å². The number of anilines is 2. The van der Waals surface area contributed by atoms with E-state index in [0.29, 0.717) is 37.2 Å². The molecule has 0 aliphatic carbocycles. The molecule has 0 unspecified atom stereocenters. The molecule has 2 saturated heterocycles. The number of likely N-dealkylation sites (tertiary alicyclic amines) is 1. The van der Waals surface area contributed by atoms with Gasteiger partial charge in [-0.05, 0) is 49.9 Å². The summed E-state index contributed by atoms with van der Waals surface area (Å²) in [5.41, 5.74) is 1.83. The third kappa shape index (κ3) is 4.03. The van der Waals surface area contributed by atoms with Gasteiger partial charge >= 0.3 is 0 Å². The zero-order valence-corrected chi connectivity index (χ0v) is 15.7. The normalized spacial score (nSPS) is 17.8. The van der Waals surface area contributed by atoms with Crippen LogP contribution in [0.1, 0.15) is 36.0 Å². The van der Waals surface area contributed by atoms with Gasteiger partial charge in [-0.2, -0.15) is 0 Å². The molecule has 2 aliphatic heterocycles. The Morgan fingerprint density at radius 2 is 1.82 bits per heavy atom. The molecule has 6 nitrogen and oxygen atoms in total. The maximum Gasteiger partial charge on any atom is 0.257 e. The van der Waals surface area contributed by atoms with Gasteiger partial charge < -0.3 is 19.5 Å². The highest BCUT2D eigenvalue weighted by atomic mass is 19.1. The molecule has 28 heavy (non-hydrogen) atoms. The van der Waals surface area contributed by atoms with Crippen LogP contribution in [-0.2, 0) is 4.79 Å². The molecule has 0 saturated carbocycles. The Bertz CT molecular complexity index is 839. The molecule has 0 bridgehead atoms. The number of amides is 2. The molecule has 2 amide bonds. The second kappa shape index (κ2) is 8.04. The fourth-order valence-electron chi connectivity index (χ4n) is 3.96. The smallest absolute Gasteiger partial charge is 0.257 e. The summed E-state index contributed by atoms with van der Waals surface area (Å²) in [6.45, 7) is 2.87. The van der Waals surface area contributed by atoms with Crippen LogP contribution >= 0.6 is 0 Å². The van der Waals surface area contributed by atoms with E-state index in [1.165, 1.54) is 24.7 Å². The van der Waals surface area contributed by atoms with Crippen LogP contribution in [0.25, 0.3) is 0 Å². The number of carbonyl (C=O) groups is 2. The molecule has 2 aromatic rings. The molecule has 1 N–H and O–H groups in total. The zero-order valence-electron chi connectivity index (χ0n) is 15.7. The number of rotatable bonds is 4. The summed E-state index contributed by atoms with van der Waals surface area (Å²) in [4.78, 5) is 28.9. The first-order valence-electron chi connectivity index (χ1n) is 9.78. The van der Waals surface area contributed by atoms with Crippen LogP contribution in [0.15, 0.2) is 41.2 Å². The largest absolute Gasteiger partial charge is 0.472 e. The number of benzene rings is 1. The van der Waals surface area contributed by atoms with Crippen molar-refractivity contribution in [1.82, 2.24) is 4.90 Å². The van der Waals surface area contributed by atoms with E-state index in [9.17, 15) is 14.0 Å². The Morgan fingerprint density at radius 3 is 2.50 bits per heavy atom. The lowest BCUT2D eigenvalue weighted by molar-refractivity contribution is -0.121. The van der Waals surface area contributed by atoms with Crippen molar-refractivity contribution >= 4 is 23.2 Å². The highest BCUT2D eigenvalue weighted by molar-refractivity contribution is 5.95. The molecule has 4 rings (SSSR count). The molecule has 2 fully saturated rings. The Kier molecular flexibility index (Phi) is 5.32. The second-order valence-electron chi connectivity index (χ2n) is 7.46. The molecular formula is C21H24FN3O3. The number of nitrogens with one attached hydrogen (secondary N) is 1. The van der Waals surface area contributed by atoms with Crippen molar-refractivity contribution in [3.8, 4) is 0 Å². The van der Waals surface area contributed by atoms with Crippen LogP contribution in [0.4, 0.5) is 15.8 Å². The van der Waals surface area contributed by atoms with E-state index < -0.39 is 0 Å². The van der Waals surface area contributed by atoms with E-state index in [0.717, 1.165) is 31.6 Å². The number of piperidine rings is 1. The van der Waals surface area contributed by atoms with Crippen LogP contribution < -0.4 is 10.2 Å². The Labute approximate surface area is 163 Å². The average Bonchev–Trinajstić information content (AvgIpc) is 3.41. The number of nitrogens with zero attached hydrogens (tertiary/aromatic N) is 2. The van der Waals surface area contributed by atoms with Gasteiger partial charge in [-0.15, -0.1) is 0 Å². The molecule has 7 heteroatoms. The molecule has 1 aromatic heterocycles. The monoisotopic (exact) mass is 385 g/mol. The van der Waals surface area contributed by atoms with E-state index in [2.05, 4.69) is 10.2 Å². The lowest BCUT2D eigenvalue weighted by atomic mass is 9.95. The van der Waals surface area contributed by atoms with Gasteiger partial charge in [0.2, 0.25) is 5.91 Å². The van der Waals surface area contributed by atoms with Crippen molar-refractivity contribution in [2.45, 2.75) is 25.7 Å². The molecule has 0 radical (unpaired) electrons. The van der Waals surface area contributed by atoms with Gasteiger partial charge in [-0.25, -0.2) is 4.39 Å². The number of halogens is 1. The predicted octanol–water partition coefficient (Wildman–Crippen LogP) is 3.51. The number of carbonyl (C=O) groups excluding carboxylic acids is 2. The van der Waals surface area contributed by atoms with E-state index in [1.54, 1.807) is 11.0 Å². The molecule has 0 atom stereocenters. The van der Waals surface area contributed by atoms with Crippen molar-refractivity contribution < 1.29 is 18.4 Å². The van der Waals surface area contributed by atoms with Crippen molar-refractivity contribution in [3.05, 3.63) is 48.2 Å². The number of hydrogen-bond donors (Lipinski definition) is 1. The van der Waals surface area contributed by atoms with E-state index in [4.69, 9.17) is 4.42 Å². The third-order valence-electron chi connectivity index (χ3n) is 5.54. The van der Waals surface area contributed by atoms with E-state index >= 15 is 0 Å². The minimum absolute atomic E-state index is 0.0759. The fourth-order valence-corrected chi connectivity index (χ4v) is 3.96. The van der Waals surface area contributed by atoms with Gasteiger partial charge in [-0.1, -0.05) is 0 Å². The molecular weight excluding hydrogens is 361 g/mol. The summed E-state index contributed by atoms with van der Waals surface area (Å²) >= 11 is 0. The first-order chi connectivity index (χ1) is 13.6. The second-order valence-corrected chi connectivity index (χ2v) is 7.46. The minimum atomic E-state index is -0.347. The highest BCUT2D eigenvalue weighted by Crippen LogP contribution is 2.27. The highest BCUT2D eigenvalue weighted by Gasteiger charge is 2.28. The SMILES string of the molecule is O=C(Nc1cc(F)cc(N2CCCC2)c1)C1CCN(C(=O)c2ccoc2)CC1. The van der Waals surface area contributed by atoms with Crippen LogP contribution in [0.2, 0.25) is 0 Å². The van der Waals surface area contributed by atoms with Crippen molar-refractivity contribution in [2.75, 3.05) is 36.4 Å². The molecule has 2 aliphatic rings. The number of furan rings is 1. The molecule has 0 spiro atoms. The van der Waals surface area contributed by atoms with Gasteiger partial charge in [0, 0.05) is 43.5 Å². The van der Waals surface area contributed by atoms with Gasteiger partial charge in [-0.3, -0.25) is 9.59 Å². The lowest BCUT2D eigenvalue weighted by Crippen LogP contribution is -2.41. The molecule has 3 heterocycles. The summed E-state index contributed by atoms with van der Waals surface area (Å²) in [5.74, 6) is -0.728. The summed E-state index contributed by atoms with van der Waals surface area (Å²) < 4.78 is 19.0. The topological polar surface area (TPSA) is 65.8 Å². The minimum Gasteiger partial charge on any atom is -0.472 e. The summed E-state index contributed by atoms with van der Waals surface area (Å²) in [6, 6.07) is 6.35. The van der Waals surface area contributed by atoms with E-state index in [-0.39, 0.29) is 23.5 Å². The quantitative estimate of drug-likeness (QED) is 0.875. The predicted molar refractivity (Wildman–Crippen MR) is 104 cm³/mol. The summed E-state index contributed by atoms with van der Waals surface area (Å²) in [6.07, 6.45) is 6.29.